The average Bonchev–Trinajstić information content (AvgIpc) is 2.92. The van der Waals surface area contributed by atoms with Gasteiger partial charge in [-0.15, -0.1) is 0 Å². The Morgan fingerprint density at radius 3 is 3.14 bits per heavy atom. The molecule has 0 radical (unpaired) electrons. The van der Waals surface area contributed by atoms with Crippen molar-refractivity contribution in [3.05, 3.63) is 18.2 Å². The highest BCUT2D eigenvalue weighted by atomic mass is 16.3. The molecule has 1 aromatic heterocycles. The molecule has 1 aromatic rings. The Bertz CT molecular complexity index is 281. The SMILES string of the molecule is OCCCn1cnc(CNC2CC2)c1. The van der Waals surface area contributed by atoms with Crippen LogP contribution in [-0.2, 0) is 13.1 Å². The van der Waals surface area contributed by atoms with Crippen LogP contribution in [0.2, 0.25) is 0 Å². The number of rotatable bonds is 6. The number of hydrogen-bond acceptors (Lipinski definition) is 3. The maximum atomic E-state index is 8.67. The van der Waals surface area contributed by atoms with Gasteiger partial charge in [0, 0.05) is 31.9 Å². The molecule has 0 unspecified atom stereocenters. The fraction of sp³-hybridized carbons (Fsp3) is 0.700. The lowest BCUT2D eigenvalue weighted by atomic mass is 10.4. The third-order valence-electron chi connectivity index (χ3n) is 2.41. The summed E-state index contributed by atoms with van der Waals surface area (Å²) in [6.07, 6.45) is 7.30. The highest BCUT2D eigenvalue weighted by Gasteiger charge is 2.20. The van der Waals surface area contributed by atoms with E-state index < -0.39 is 0 Å². The van der Waals surface area contributed by atoms with Gasteiger partial charge in [-0.25, -0.2) is 4.98 Å². The Morgan fingerprint density at radius 2 is 2.43 bits per heavy atom. The molecule has 1 saturated carbocycles. The monoisotopic (exact) mass is 195 g/mol. The minimum atomic E-state index is 0.244. The number of hydrogen-bond donors (Lipinski definition) is 2. The van der Waals surface area contributed by atoms with Gasteiger partial charge < -0.3 is 15.0 Å². The molecule has 0 aromatic carbocycles. The minimum absolute atomic E-state index is 0.244. The zero-order valence-corrected chi connectivity index (χ0v) is 8.32. The lowest BCUT2D eigenvalue weighted by Gasteiger charge is -1.99. The van der Waals surface area contributed by atoms with Crippen molar-refractivity contribution in [2.45, 2.75) is 38.4 Å². The van der Waals surface area contributed by atoms with Gasteiger partial charge >= 0.3 is 0 Å². The first-order valence-electron chi connectivity index (χ1n) is 5.23. The Kier molecular flexibility index (Phi) is 3.16. The van der Waals surface area contributed by atoms with Crippen LogP contribution in [0.4, 0.5) is 0 Å². The summed E-state index contributed by atoms with van der Waals surface area (Å²) in [5.41, 5.74) is 1.09. The predicted molar refractivity (Wildman–Crippen MR) is 53.8 cm³/mol. The van der Waals surface area contributed by atoms with E-state index in [-0.39, 0.29) is 6.61 Å². The molecule has 1 heterocycles. The molecule has 2 rings (SSSR count). The van der Waals surface area contributed by atoms with Gasteiger partial charge in [0.05, 0.1) is 12.0 Å². The number of nitrogens with one attached hydrogen (secondary N) is 1. The maximum absolute atomic E-state index is 8.67. The molecule has 1 aliphatic rings. The van der Waals surface area contributed by atoms with Crippen molar-refractivity contribution in [2.75, 3.05) is 6.61 Å². The van der Waals surface area contributed by atoms with Crippen LogP contribution in [0, 0.1) is 0 Å². The van der Waals surface area contributed by atoms with Gasteiger partial charge in [0.25, 0.3) is 0 Å². The third kappa shape index (κ3) is 2.82. The summed E-state index contributed by atoms with van der Waals surface area (Å²) >= 11 is 0. The third-order valence-corrected chi connectivity index (χ3v) is 2.41. The smallest absolute Gasteiger partial charge is 0.0949 e. The Hall–Kier alpha value is -0.870. The molecule has 0 aliphatic heterocycles. The van der Waals surface area contributed by atoms with Crippen LogP contribution in [-0.4, -0.2) is 27.3 Å². The second-order valence-corrected chi connectivity index (χ2v) is 3.84. The van der Waals surface area contributed by atoms with E-state index in [1.54, 1.807) is 0 Å². The molecule has 2 N–H and O–H groups in total. The topological polar surface area (TPSA) is 50.1 Å². The van der Waals surface area contributed by atoms with Crippen molar-refractivity contribution in [1.29, 1.82) is 0 Å². The predicted octanol–water partition coefficient (Wildman–Crippen LogP) is 0.517. The number of imidazole rings is 1. The molecule has 0 spiro atoms. The molecule has 1 fully saturated rings. The van der Waals surface area contributed by atoms with Gasteiger partial charge in [-0.1, -0.05) is 0 Å². The molecule has 0 bridgehead atoms. The summed E-state index contributed by atoms with van der Waals surface area (Å²) in [6, 6.07) is 0.734. The van der Waals surface area contributed by atoms with Crippen LogP contribution in [0.3, 0.4) is 0 Å². The number of nitrogens with zero attached hydrogens (tertiary/aromatic N) is 2. The summed E-state index contributed by atoms with van der Waals surface area (Å²) in [4.78, 5) is 4.29. The molecule has 0 atom stereocenters. The van der Waals surface area contributed by atoms with Gasteiger partial charge in [-0.05, 0) is 19.3 Å². The van der Waals surface area contributed by atoms with Crippen molar-refractivity contribution in [2.24, 2.45) is 0 Å². The Labute approximate surface area is 84.0 Å². The second kappa shape index (κ2) is 4.57. The lowest BCUT2D eigenvalue weighted by molar-refractivity contribution is 0.279. The average molecular weight is 195 g/mol. The zero-order chi connectivity index (χ0) is 9.80. The minimum Gasteiger partial charge on any atom is -0.396 e. The summed E-state index contributed by atoms with van der Waals surface area (Å²) < 4.78 is 2.03. The number of aliphatic hydroxyl groups is 1. The van der Waals surface area contributed by atoms with Gasteiger partial charge in [-0.3, -0.25) is 0 Å². The van der Waals surface area contributed by atoms with Crippen LogP contribution in [0.25, 0.3) is 0 Å². The van der Waals surface area contributed by atoms with Gasteiger partial charge in [0.1, 0.15) is 0 Å². The van der Waals surface area contributed by atoms with Crippen LogP contribution < -0.4 is 5.32 Å². The Balaban J connectivity index is 1.76. The number of aromatic nitrogens is 2. The first kappa shape index (κ1) is 9.68. The van der Waals surface area contributed by atoms with Crippen molar-refractivity contribution in [3.63, 3.8) is 0 Å². The molecule has 4 nitrogen and oxygen atoms in total. The zero-order valence-electron chi connectivity index (χ0n) is 8.32. The summed E-state index contributed by atoms with van der Waals surface area (Å²) in [5.74, 6) is 0. The first-order chi connectivity index (χ1) is 6.88. The van der Waals surface area contributed by atoms with E-state index in [0.717, 1.165) is 31.2 Å². The van der Waals surface area contributed by atoms with Crippen molar-refractivity contribution in [1.82, 2.24) is 14.9 Å². The van der Waals surface area contributed by atoms with E-state index in [0.29, 0.717) is 0 Å². The van der Waals surface area contributed by atoms with Crippen LogP contribution in [0.1, 0.15) is 25.0 Å². The maximum Gasteiger partial charge on any atom is 0.0949 e. The number of aryl methyl sites for hydroxylation is 1. The fourth-order valence-corrected chi connectivity index (χ4v) is 1.41. The quantitative estimate of drug-likeness (QED) is 0.695. The van der Waals surface area contributed by atoms with Gasteiger partial charge in [-0.2, -0.15) is 0 Å². The van der Waals surface area contributed by atoms with Crippen LogP contribution >= 0.6 is 0 Å². The fourth-order valence-electron chi connectivity index (χ4n) is 1.41. The van der Waals surface area contributed by atoms with E-state index in [2.05, 4.69) is 10.3 Å². The lowest BCUT2D eigenvalue weighted by Crippen LogP contribution is -2.15. The molecular formula is C10H17N3O. The number of aliphatic hydroxyl groups excluding tert-OH is 1. The molecule has 4 heteroatoms. The highest BCUT2D eigenvalue weighted by Crippen LogP contribution is 2.18. The Morgan fingerprint density at radius 1 is 1.57 bits per heavy atom. The van der Waals surface area contributed by atoms with E-state index in [1.165, 1.54) is 12.8 Å². The highest BCUT2D eigenvalue weighted by molar-refractivity contribution is 4.97. The molecule has 1 aliphatic carbocycles. The molecular weight excluding hydrogens is 178 g/mol. The molecule has 0 saturated heterocycles. The van der Waals surface area contributed by atoms with E-state index in [1.807, 2.05) is 17.1 Å². The summed E-state index contributed by atoms with van der Waals surface area (Å²) in [7, 11) is 0. The standard InChI is InChI=1S/C10H17N3O/c14-5-1-4-13-7-10(12-8-13)6-11-9-2-3-9/h7-9,11,14H,1-6H2. The van der Waals surface area contributed by atoms with E-state index in [4.69, 9.17) is 5.11 Å². The second-order valence-electron chi connectivity index (χ2n) is 3.84. The van der Waals surface area contributed by atoms with Crippen molar-refractivity contribution >= 4 is 0 Å². The van der Waals surface area contributed by atoms with Gasteiger partial charge in [0.15, 0.2) is 0 Å². The van der Waals surface area contributed by atoms with Crippen molar-refractivity contribution < 1.29 is 5.11 Å². The summed E-state index contributed by atoms with van der Waals surface area (Å²) in [5, 5.41) is 12.1. The normalized spacial score (nSPS) is 16.1. The molecule has 78 valence electrons. The largest absolute Gasteiger partial charge is 0.396 e. The van der Waals surface area contributed by atoms with E-state index in [9.17, 15) is 0 Å². The van der Waals surface area contributed by atoms with Crippen LogP contribution in [0.15, 0.2) is 12.5 Å². The molecule has 0 amide bonds. The van der Waals surface area contributed by atoms with Crippen molar-refractivity contribution in [3.8, 4) is 0 Å². The molecule has 14 heavy (non-hydrogen) atoms. The van der Waals surface area contributed by atoms with E-state index >= 15 is 0 Å². The van der Waals surface area contributed by atoms with Gasteiger partial charge in [0.2, 0.25) is 0 Å². The first-order valence-corrected chi connectivity index (χ1v) is 5.23. The van der Waals surface area contributed by atoms with Crippen LogP contribution in [0.5, 0.6) is 0 Å². The summed E-state index contributed by atoms with van der Waals surface area (Å²) in [6.45, 7) is 1.97.